The predicted molar refractivity (Wildman–Crippen MR) is 89.9 cm³/mol. The molecular weight excluding hydrogens is 294 g/mol. The Kier molecular flexibility index (Phi) is 7.95. The lowest BCUT2D eigenvalue weighted by atomic mass is 10.1. The number of rotatable bonds is 7. The molecule has 6 nitrogen and oxygen atoms in total. The van der Waals surface area contributed by atoms with E-state index in [0.29, 0.717) is 19.6 Å². The fourth-order valence-corrected chi connectivity index (χ4v) is 2.55. The number of nitrogens with zero attached hydrogens (tertiary/aromatic N) is 2. The van der Waals surface area contributed by atoms with Gasteiger partial charge in [-0.25, -0.2) is 0 Å². The smallest absolute Gasteiger partial charge is 0.236 e. The summed E-state index contributed by atoms with van der Waals surface area (Å²) >= 11 is 0. The molecule has 0 bridgehead atoms. The first-order valence-electron chi connectivity index (χ1n) is 8.23. The highest BCUT2D eigenvalue weighted by molar-refractivity contribution is 5.91. The maximum absolute atomic E-state index is 12.3. The maximum atomic E-state index is 12.3. The summed E-state index contributed by atoms with van der Waals surface area (Å²) in [6.45, 7) is 7.42. The van der Waals surface area contributed by atoms with Crippen molar-refractivity contribution in [1.29, 1.82) is 0 Å². The summed E-state index contributed by atoms with van der Waals surface area (Å²) in [7, 11) is 1.86. The van der Waals surface area contributed by atoms with Gasteiger partial charge in [-0.1, -0.05) is 19.9 Å². The molecule has 2 amide bonds. The Bertz CT molecular complexity index is 460. The number of likely N-dealkylation sites (tertiary alicyclic amines) is 1. The Morgan fingerprint density at radius 3 is 2.65 bits per heavy atom. The lowest BCUT2D eigenvalue weighted by molar-refractivity contribution is -0.134. The van der Waals surface area contributed by atoms with Crippen LogP contribution in [0.2, 0.25) is 0 Å². The molecule has 1 N–H and O–H groups in total. The molecule has 1 aliphatic rings. The predicted octanol–water partition coefficient (Wildman–Crippen LogP) is 0.827. The fourth-order valence-electron chi connectivity index (χ4n) is 2.55. The van der Waals surface area contributed by atoms with Gasteiger partial charge in [-0.15, -0.1) is 0 Å². The van der Waals surface area contributed by atoms with E-state index in [1.165, 1.54) is 6.92 Å². The molecule has 0 aliphatic carbocycles. The number of carbonyl (C=O) groups excluding carboxylic acids is 3. The first kappa shape index (κ1) is 19.4. The van der Waals surface area contributed by atoms with E-state index >= 15 is 0 Å². The van der Waals surface area contributed by atoms with Crippen LogP contribution in [0.3, 0.4) is 0 Å². The molecule has 1 unspecified atom stereocenters. The zero-order valence-corrected chi connectivity index (χ0v) is 14.7. The van der Waals surface area contributed by atoms with Crippen LogP contribution in [0.15, 0.2) is 12.2 Å². The second kappa shape index (κ2) is 9.45. The van der Waals surface area contributed by atoms with E-state index in [4.69, 9.17) is 0 Å². The molecule has 0 aromatic heterocycles. The van der Waals surface area contributed by atoms with Crippen molar-refractivity contribution in [2.24, 2.45) is 5.92 Å². The molecule has 23 heavy (non-hydrogen) atoms. The molecule has 0 saturated carbocycles. The van der Waals surface area contributed by atoms with Crippen LogP contribution in [0.4, 0.5) is 0 Å². The molecule has 1 atom stereocenters. The van der Waals surface area contributed by atoms with Crippen LogP contribution in [0.1, 0.15) is 33.6 Å². The van der Waals surface area contributed by atoms with Crippen molar-refractivity contribution in [3.63, 3.8) is 0 Å². The van der Waals surface area contributed by atoms with E-state index in [0.717, 1.165) is 19.4 Å². The largest absolute Gasteiger partial charge is 0.352 e. The normalized spacial score (nSPS) is 18.7. The van der Waals surface area contributed by atoms with Crippen molar-refractivity contribution >= 4 is 17.6 Å². The van der Waals surface area contributed by atoms with Crippen LogP contribution >= 0.6 is 0 Å². The molecule has 6 heteroatoms. The number of amides is 2. The molecule has 130 valence electrons. The highest BCUT2D eigenvalue weighted by Crippen LogP contribution is 2.10. The molecule has 1 fully saturated rings. The van der Waals surface area contributed by atoms with E-state index in [1.807, 2.05) is 30.7 Å². The zero-order chi connectivity index (χ0) is 17.4. The van der Waals surface area contributed by atoms with Crippen LogP contribution in [0.5, 0.6) is 0 Å². The highest BCUT2D eigenvalue weighted by Gasteiger charge is 2.24. The van der Waals surface area contributed by atoms with Gasteiger partial charge in [0.05, 0.1) is 6.54 Å². The molecule has 0 aromatic carbocycles. The van der Waals surface area contributed by atoms with Crippen molar-refractivity contribution in [3.8, 4) is 0 Å². The Morgan fingerprint density at radius 2 is 2.04 bits per heavy atom. The molecule has 0 spiro atoms. The van der Waals surface area contributed by atoms with Gasteiger partial charge >= 0.3 is 0 Å². The van der Waals surface area contributed by atoms with E-state index in [2.05, 4.69) is 5.32 Å². The monoisotopic (exact) mass is 323 g/mol. The summed E-state index contributed by atoms with van der Waals surface area (Å²) in [5.74, 6) is 0.101. The third-order valence-electron chi connectivity index (χ3n) is 3.85. The van der Waals surface area contributed by atoms with Crippen molar-refractivity contribution in [3.05, 3.63) is 12.2 Å². The minimum absolute atomic E-state index is 0.00255. The van der Waals surface area contributed by atoms with Crippen LogP contribution in [0, 0.1) is 5.92 Å². The molecule has 0 radical (unpaired) electrons. The van der Waals surface area contributed by atoms with Crippen molar-refractivity contribution in [2.75, 3.05) is 33.2 Å². The van der Waals surface area contributed by atoms with Gasteiger partial charge in [0.25, 0.3) is 0 Å². The third kappa shape index (κ3) is 7.41. The molecule has 1 rings (SSSR count). The molecule has 1 heterocycles. The number of likely N-dealkylation sites (N-methyl/N-ethyl adjacent to an activating group) is 1. The summed E-state index contributed by atoms with van der Waals surface area (Å²) in [6.07, 6.45) is 5.20. The Labute approximate surface area is 138 Å². The fraction of sp³-hybridized carbons (Fsp3) is 0.706. The third-order valence-corrected chi connectivity index (χ3v) is 3.85. The van der Waals surface area contributed by atoms with Gasteiger partial charge in [-0.05, 0) is 26.0 Å². The number of piperidine rings is 1. The molecule has 1 aliphatic heterocycles. The number of hydrogen-bond donors (Lipinski definition) is 1. The number of allylic oxidation sites excluding steroid dienone is 1. The average molecular weight is 323 g/mol. The van der Waals surface area contributed by atoms with Crippen LogP contribution in [-0.2, 0) is 14.4 Å². The van der Waals surface area contributed by atoms with Crippen LogP contribution < -0.4 is 5.32 Å². The Balaban J connectivity index is 2.39. The summed E-state index contributed by atoms with van der Waals surface area (Å²) < 4.78 is 0. The number of nitrogens with one attached hydrogen (secondary N) is 1. The van der Waals surface area contributed by atoms with Gasteiger partial charge in [-0.2, -0.15) is 0 Å². The van der Waals surface area contributed by atoms with E-state index in [9.17, 15) is 14.4 Å². The van der Waals surface area contributed by atoms with Crippen molar-refractivity contribution in [1.82, 2.24) is 15.1 Å². The van der Waals surface area contributed by atoms with Gasteiger partial charge in [0.2, 0.25) is 11.8 Å². The second-order valence-corrected chi connectivity index (χ2v) is 6.54. The van der Waals surface area contributed by atoms with Gasteiger partial charge in [0.15, 0.2) is 5.78 Å². The summed E-state index contributed by atoms with van der Waals surface area (Å²) in [4.78, 5) is 38.7. The standard InChI is InChI=1S/C17H29N3O3/c1-13(2)16(22)8-6-9-19(4)12-17(23)20-10-5-7-15(11-20)18-14(3)21/h6,8,13,15H,5,7,9-12H2,1-4H3,(H,18,21)/b8-6+. The van der Waals surface area contributed by atoms with Crippen molar-refractivity contribution < 1.29 is 14.4 Å². The number of ketones is 1. The van der Waals surface area contributed by atoms with Gasteiger partial charge in [-0.3, -0.25) is 19.3 Å². The van der Waals surface area contributed by atoms with E-state index < -0.39 is 0 Å². The molecule has 1 saturated heterocycles. The summed E-state index contributed by atoms with van der Waals surface area (Å²) in [6, 6.07) is 0.0547. The number of carbonyl (C=O) groups is 3. The highest BCUT2D eigenvalue weighted by atomic mass is 16.2. The quantitative estimate of drug-likeness (QED) is 0.705. The van der Waals surface area contributed by atoms with Gasteiger partial charge < -0.3 is 10.2 Å². The van der Waals surface area contributed by atoms with E-state index in [1.54, 1.807) is 12.2 Å². The Hall–Kier alpha value is -1.69. The zero-order valence-electron chi connectivity index (χ0n) is 14.7. The van der Waals surface area contributed by atoms with Crippen molar-refractivity contribution in [2.45, 2.75) is 39.7 Å². The molecule has 0 aromatic rings. The SMILES string of the molecule is CC(=O)NC1CCCN(C(=O)CN(C)C/C=C/C(=O)C(C)C)C1. The first-order valence-corrected chi connectivity index (χ1v) is 8.23. The van der Waals surface area contributed by atoms with Gasteiger partial charge in [0, 0.05) is 38.5 Å². The van der Waals surface area contributed by atoms with Gasteiger partial charge in [0.1, 0.15) is 0 Å². The van der Waals surface area contributed by atoms with E-state index in [-0.39, 0.29) is 29.6 Å². The molecular formula is C17H29N3O3. The maximum Gasteiger partial charge on any atom is 0.236 e. The Morgan fingerprint density at radius 1 is 1.35 bits per heavy atom. The topological polar surface area (TPSA) is 69.7 Å². The van der Waals surface area contributed by atoms with Crippen LogP contribution in [-0.4, -0.2) is 66.7 Å². The minimum atomic E-state index is -0.0543. The second-order valence-electron chi connectivity index (χ2n) is 6.54. The number of hydrogen-bond acceptors (Lipinski definition) is 4. The average Bonchev–Trinajstić information content (AvgIpc) is 2.46. The lowest BCUT2D eigenvalue weighted by Crippen LogP contribution is -2.51. The first-order chi connectivity index (χ1) is 10.8. The minimum Gasteiger partial charge on any atom is -0.352 e. The summed E-state index contributed by atoms with van der Waals surface area (Å²) in [5, 5.41) is 2.88. The van der Waals surface area contributed by atoms with Crippen LogP contribution in [0.25, 0.3) is 0 Å². The summed E-state index contributed by atoms with van der Waals surface area (Å²) in [5.41, 5.74) is 0. The lowest BCUT2D eigenvalue weighted by Gasteiger charge is -2.33.